The number of nitrogens with zero attached hydrogens (tertiary/aromatic N) is 1. The molecular weight excluding hydrogens is 180 g/mol. The first-order valence-corrected chi connectivity index (χ1v) is 5.26. The lowest BCUT2D eigenvalue weighted by Crippen LogP contribution is -2.37. The molecule has 4 nitrogen and oxygen atoms in total. The quantitative estimate of drug-likeness (QED) is 0.684. The van der Waals surface area contributed by atoms with Crippen molar-refractivity contribution in [2.24, 2.45) is 5.92 Å². The second-order valence-corrected chi connectivity index (χ2v) is 3.77. The summed E-state index contributed by atoms with van der Waals surface area (Å²) in [5.74, 6) is 0.751. The zero-order valence-corrected chi connectivity index (χ0v) is 9.08. The fraction of sp³-hybridized carbons (Fsp3) is 0.900. The van der Waals surface area contributed by atoms with Gasteiger partial charge in [0, 0.05) is 26.7 Å². The third kappa shape index (κ3) is 3.64. The normalized spacial score (nSPS) is 21.1. The molecular formula is C10H20N2O2. The van der Waals surface area contributed by atoms with Gasteiger partial charge in [0.1, 0.15) is 0 Å². The first-order chi connectivity index (χ1) is 6.74. The van der Waals surface area contributed by atoms with Gasteiger partial charge in [-0.2, -0.15) is 0 Å². The fourth-order valence-electron chi connectivity index (χ4n) is 1.44. The minimum Gasteiger partial charge on any atom is -0.381 e. The average molecular weight is 200 g/mol. The molecule has 1 saturated heterocycles. The molecule has 0 spiro atoms. The van der Waals surface area contributed by atoms with Crippen molar-refractivity contribution in [3.05, 3.63) is 0 Å². The number of carbonyl (C=O) groups is 1. The Kier molecular flexibility index (Phi) is 4.90. The predicted octanol–water partition coefficient (Wildman–Crippen LogP) is 0.0908. The molecule has 0 aromatic carbocycles. The molecule has 1 unspecified atom stereocenters. The van der Waals surface area contributed by atoms with Gasteiger partial charge >= 0.3 is 0 Å². The molecule has 1 atom stereocenters. The molecule has 0 bridgehead atoms. The molecule has 0 aromatic heterocycles. The van der Waals surface area contributed by atoms with E-state index < -0.39 is 0 Å². The van der Waals surface area contributed by atoms with E-state index in [4.69, 9.17) is 4.74 Å². The molecule has 1 rings (SSSR count). The standard InChI is InChI=1S/C10H20N2O2/c1-3-12(2)10(13)7-11-6-9-4-5-14-8-9/h9,11H,3-8H2,1-2H3. The van der Waals surface area contributed by atoms with E-state index in [0.717, 1.165) is 32.7 Å². The van der Waals surface area contributed by atoms with Crippen LogP contribution in [0.5, 0.6) is 0 Å². The Balaban J connectivity index is 2.05. The number of rotatable bonds is 5. The molecule has 1 aliphatic heterocycles. The lowest BCUT2D eigenvalue weighted by atomic mass is 10.1. The molecule has 4 heteroatoms. The van der Waals surface area contributed by atoms with Gasteiger partial charge in [-0.05, 0) is 19.3 Å². The summed E-state index contributed by atoms with van der Waals surface area (Å²) in [4.78, 5) is 13.1. The topological polar surface area (TPSA) is 41.6 Å². The van der Waals surface area contributed by atoms with Crippen LogP contribution in [0.15, 0.2) is 0 Å². The largest absolute Gasteiger partial charge is 0.381 e. The summed E-state index contributed by atoms with van der Waals surface area (Å²) in [6.07, 6.45) is 1.12. The Morgan fingerprint density at radius 1 is 1.64 bits per heavy atom. The lowest BCUT2D eigenvalue weighted by molar-refractivity contribution is -0.128. The van der Waals surface area contributed by atoms with Crippen LogP contribution < -0.4 is 5.32 Å². The Bertz CT molecular complexity index is 179. The molecule has 1 heterocycles. The molecule has 1 aliphatic rings. The minimum absolute atomic E-state index is 0.159. The van der Waals surface area contributed by atoms with Crippen LogP contribution in [0, 0.1) is 5.92 Å². The zero-order chi connectivity index (χ0) is 10.4. The molecule has 82 valence electrons. The summed E-state index contributed by atoms with van der Waals surface area (Å²) in [7, 11) is 1.82. The second kappa shape index (κ2) is 5.98. The summed E-state index contributed by atoms with van der Waals surface area (Å²) < 4.78 is 5.25. The van der Waals surface area contributed by atoms with Crippen molar-refractivity contribution in [1.82, 2.24) is 10.2 Å². The first-order valence-electron chi connectivity index (χ1n) is 5.26. The van der Waals surface area contributed by atoms with Gasteiger partial charge in [-0.3, -0.25) is 4.79 Å². The van der Waals surface area contributed by atoms with Gasteiger partial charge in [0.05, 0.1) is 13.2 Å². The number of ether oxygens (including phenoxy) is 1. The highest BCUT2D eigenvalue weighted by molar-refractivity contribution is 5.77. The summed E-state index contributed by atoms with van der Waals surface area (Å²) in [6.45, 7) is 5.79. The van der Waals surface area contributed by atoms with Gasteiger partial charge in [0.15, 0.2) is 0 Å². The third-order valence-electron chi connectivity index (χ3n) is 2.63. The monoisotopic (exact) mass is 200 g/mol. The van der Waals surface area contributed by atoms with Crippen molar-refractivity contribution in [3.8, 4) is 0 Å². The minimum atomic E-state index is 0.159. The Morgan fingerprint density at radius 3 is 3.00 bits per heavy atom. The number of nitrogens with one attached hydrogen (secondary N) is 1. The molecule has 0 aliphatic carbocycles. The molecule has 0 saturated carbocycles. The van der Waals surface area contributed by atoms with Crippen LogP contribution >= 0.6 is 0 Å². The van der Waals surface area contributed by atoms with Gasteiger partial charge in [0.2, 0.25) is 5.91 Å². The van der Waals surface area contributed by atoms with E-state index in [0.29, 0.717) is 12.5 Å². The van der Waals surface area contributed by atoms with Gasteiger partial charge < -0.3 is 15.0 Å². The maximum atomic E-state index is 11.4. The highest BCUT2D eigenvalue weighted by Gasteiger charge is 2.15. The maximum Gasteiger partial charge on any atom is 0.236 e. The van der Waals surface area contributed by atoms with Crippen LogP contribution in [0.25, 0.3) is 0 Å². The molecule has 1 amide bonds. The average Bonchev–Trinajstić information content (AvgIpc) is 2.69. The highest BCUT2D eigenvalue weighted by Crippen LogP contribution is 2.10. The molecule has 0 aromatic rings. The first kappa shape index (κ1) is 11.5. The van der Waals surface area contributed by atoms with E-state index in [-0.39, 0.29) is 5.91 Å². The van der Waals surface area contributed by atoms with Crippen LogP contribution in [0.3, 0.4) is 0 Å². The maximum absolute atomic E-state index is 11.4. The number of amides is 1. The SMILES string of the molecule is CCN(C)C(=O)CNCC1CCOC1. The molecule has 14 heavy (non-hydrogen) atoms. The van der Waals surface area contributed by atoms with E-state index in [9.17, 15) is 4.79 Å². The Labute approximate surface area is 85.6 Å². The molecule has 1 N–H and O–H groups in total. The van der Waals surface area contributed by atoms with Crippen molar-refractivity contribution in [2.75, 3.05) is 39.9 Å². The van der Waals surface area contributed by atoms with Crippen LogP contribution in [0.1, 0.15) is 13.3 Å². The third-order valence-corrected chi connectivity index (χ3v) is 2.63. The van der Waals surface area contributed by atoms with Crippen molar-refractivity contribution in [1.29, 1.82) is 0 Å². The van der Waals surface area contributed by atoms with Gasteiger partial charge in [-0.1, -0.05) is 0 Å². The van der Waals surface area contributed by atoms with E-state index in [1.807, 2.05) is 14.0 Å². The van der Waals surface area contributed by atoms with Crippen molar-refractivity contribution >= 4 is 5.91 Å². The summed E-state index contributed by atoms with van der Waals surface area (Å²) in [5, 5.41) is 3.17. The Hall–Kier alpha value is -0.610. The van der Waals surface area contributed by atoms with E-state index in [2.05, 4.69) is 5.32 Å². The summed E-state index contributed by atoms with van der Waals surface area (Å²) >= 11 is 0. The van der Waals surface area contributed by atoms with Gasteiger partial charge in [-0.25, -0.2) is 0 Å². The lowest BCUT2D eigenvalue weighted by Gasteiger charge is -2.15. The van der Waals surface area contributed by atoms with Gasteiger partial charge in [-0.15, -0.1) is 0 Å². The number of hydrogen-bond acceptors (Lipinski definition) is 3. The smallest absolute Gasteiger partial charge is 0.236 e. The highest BCUT2D eigenvalue weighted by atomic mass is 16.5. The van der Waals surface area contributed by atoms with Crippen molar-refractivity contribution < 1.29 is 9.53 Å². The number of likely N-dealkylation sites (N-methyl/N-ethyl adjacent to an activating group) is 1. The van der Waals surface area contributed by atoms with Crippen LogP contribution in [-0.2, 0) is 9.53 Å². The van der Waals surface area contributed by atoms with Crippen LogP contribution in [0.4, 0.5) is 0 Å². The van der Waals surface area contributed by atoms with Crippen molar-refractivity contribution in [2.45, 2.75) is 13.3 Å². The van der Waals surface area contributed by atoms with E-state index in [1.165, 1.54) is 0 Å². The van der Waals surface area contributed by atoms with Crippen molar-refractivity contribution in [3.63, 3.8) is 0 Å². The predicted molar refractivity (Wildman–Crippen MR) is 55.1 cm³/mol. The summed E-state index contributed by atoms with van der Waals surface area (Å²) in [5.41, 5.74) is 0. The van der Waals surface area contributed by atoms with E-state index >= 15 is 0 Å². The zero-order valence-electron chi connectivity index (χ0n) is 9.08. The number of carbonyl (C=O) groups excluding carboxylic acids is 1. The Morgan fingerprint density at radius 2 is 2.43 bits per heavy atom. The summed E-state index contributed by atoms with van der Waals surface area (Å²) in [6, 6.07) is 0. The van der Waals surface area contributed by atoms with Crippen LogP contribution in [-0.4, -0.2) is 50.7 Å². The fourth-order valence-corrected chi connectivity index (χ4v) is 1.44. The van der Waals surface area contributed by atoms with E-state index in [1.54, 1.807) is 4.90 Å². The molecule has 1 fully saturated rings. The second-order valence-electron chi connectivity index (χ2n) is 3.77. The number of hydrogen-bond donors (Lipinski definition) is 1. The van der Waals surface area contributed by atoms with Gasteiger partial charge in [0.25, 0.3) is 0 Å². The van der Waals surface area contributed by atoms with Crippen LogP contribution in [0.2, 0.25) is 0 Å². The molecule has 0 radical (unpaired) electrons.